The second-order valence-electron chi connectivity index (χ2n) is 7.93. The van der Waals surface area contributed by atoms with Crippen molar-refractivity contribution in [3.63, 3.8) is 0 Å². The first-order valence-corrected chi connectivity index (χ1v) is 12.4. The summed E-state index contributed by atoms with van der Waals surface area (Å²) in [6.07, 6.45) is 1.67. The van der Waals surface area contributed by atoms with Crippen LogP contribution in [0.3, 0.4) is 0 Å². The van der Waals surface area contributed by atoms with E-state index in [0.29, 0.717) is 25.6 Å². The number of hydrogen-bond acceptors (Lipinski definition) is 4. The Morgan fingerprint density at radius 3 is 2.45 bits per heavy atom. The number of piperidine rings is 1. The Morgan fingerprint density at radius 2 is 1.84 bits per heavy atom. The first kappa shape index (κ1) is 23.6. The Bertz CT molecular complexity index is 1020. The summed E-state index contributed by atoms with van der Waals surface area (Å²) in [6.45, 7) is 7.46. The second-order valence-corrected chi connectivity index (χ2v) is 10.3. The van der Waals surface area contributed by atoms with Crippen molar-refractivity contribution >= 4 is 27.5 Å². The Labute approximate surface area is 189 Å². The number of nitrogens with one attached hydrogen (secondary N) is 1. The number of hydrogen-bond donors (Lipinski definition) is 1. The highest BCUT2D eigenvalue weighted by Gasteiger charge is 2.29. The van der Waals surface area contributed by atoms with E-state index in [1.807, 2.05) is 38.1 Å². The van der Waals surface area contributed by atoms with Gasteiger partial charge < -0.3 is 10.1 Å². The summed E-state index contributed by atoms with van der Waals surface area (Å²) in [5.41, 5.74) is 1.05. The van der Waals surface area contributed by atoms with Gasteiger partial charge in [0.05, 0.1) is 28.1 Å². The fourth-order valence-corrected chi connectivity index (χ4v) is 5.29. The molecule has 1 aliphatic rings. The lowest BCUT2D eigenvalue weighted by atomic mass is 10.0. The standard InChI is InChI=1S/C23H29ClN2O4S/c1-4-30-19-7-5-18(6-8-19)17(3)25-23(27)21-15-20(9-10-22(21)24)31(28,29)26-13-11-16(2)12-14-26/h5-10,15-17H,4,11-14H2,1-3H3,(H,25,27)/t17-/m1/s1. The average molecular weight is 465 g/mol. The van der Waals surface area contributed by atoms with Crippen LogP contribution in [-0.2, 0) is 10.0 Å². The molecule has 6 nitrogen and oxygen atoms in total. The molecule has 1 saturated heterocycles. The third-order valence-electron chi connectivity index (χ3n) is 5.60. The molecule has 3 rings (SSSR count). The minimum absolute atomic E-state index is 0.0883. The molecule has 0 spiro atoms. The predicted molar refractivity (Wildman–Crippen MR) is 122 cm³/mol. The summed E-state index contributed by atoms with van der Waals surface area (Å²) < 4.78 is 33.0. The molecule has 0 aliphatic carbocycles. The van der Waals surface area contributed by atoms with Crippen molar-refractivity contribution in [2.24, 2.45) is 5.92 Å². The van der Waals surface area contributed by atoms with Gasteiger partial charge >= 0.3 is 0 Å². The van der Waals surface area contributed by atoms with E-state index < -0.39 is 15.9 Å². The van der Waals surface area contributed by atoms with Gasteiger partial charge in [0.1, 0.15) is 5.75 Å². The van der Waals surface area contributed by atoms with Gasteiger partial charge in [0.25, 0.3) is 5.91 Å². The number of ether oxygens (including phenoxy) is 1. The molecule has 0 radical (unpaired) electrons. The van der Waals surface area contributed by atoms with E-state index in [-0.39, 0.29) is 21.5 Å². The maximum absolute atomic E-state index is 13.0. The van der Waals surface area contributed by atoms with Crippen molar-refractivity contribution in [1.29, 1.82) is 0 Å². The second kappa shape index (κ2) is 10.0. The smallest absolute Gasteiger partial charge is 0.253 e. The lowest BCUT2D eigenvalue weighted by Crippen LogP contribution is -2.38. The zero-order valence-electron chi connectivity index (χ0n) is 18.1. The molecule has 2 aromatic carbocycles. The van der Waals surface area contributed by atoms with Crippen molar-refractivity contribution < 1.29 is 17.9 Å². The Balaban J connectivity index is 1.76. The number of carbonyl (C=O) groups is 1. The van der Waals surface area contributed by atoms with Crippen LogP contribution >= 0.6 is 11.6 Å². The number of benzene rings is 2. The van der Waals surface area contributed by atoms with Gasteiger partial charge in [0.15, 0.2) is 0 Å². The maximum atomic E-state index is 13.0. The van der Waals surface area contributed by atoms with E-state index >= 15 is 0 Å². The van der Waals surface area contributed by atoms with Crippen molar-refractivity contribution in [2.75, 3.05) is 19.7 Å². The number of nitrogens with zero attached hydrogens (tertiary/aromatic N) is 1. The average Bonchev–Trinajstić information content (AvgIpc) is 2.75. The zero-order valence-corrected chi connectivity index (χ0v) is 19.7. The minimum atomic E-state index is -3.67. The molecule has 1 N–H and O–H groups in total. The molecule has 1 fully saturated rings. The molecular formula is C23H29ClN2O4S. The normalized spacial score (nSPS) is 16.6. The fraction of sp³-hybridized carbons (Fsp3) is 0.435. The fourth-order valence-electron chi connectivity index (χ4n) is 3.59. The topological polar surface area (TPSA) is 75.7 Å². The number of carbonyl (C=O) groups excluding carboxylic acids is 1. The van der Waals surface area contributed by atoms with Crippen LogP contribution in [0.5, 0.6) is 5.75 Å². The van der Waals surface area contributed by atoms with Crippen LogP contribution in [0, 0.1) is 5.92 Å². The highest BCUT2D eigenvalue weighted by molar-refractivity contribution is 7.89. The van der Waals surface area contributed by atoms with Crippen molar-refractivity contribution in [2.45, 2.75) is 44.6 Å². The first-order valence-electron chi connectivity index (χ1n) is 10.6. The molecule has 8 heteroatoms. The van der Waals surface area contributed by atoms with Crippen molar-refractivity contribution in [1.82, 2.24) is 9.62 Å². The van der Waals surface area contributed by atoms with Crippen LogP contribution in [0.15, 0.2) is 47.4 Å². The van der Waals surface area contributed by atoms with Crippen LogP contribution in [0.2, 0.25) is 5.02 Å². The third-order valence-corrected chi connectivity index (χ3v) is 7.83. The summed E-state index contributed by atoms with van der Waals surface area (Å²) in [5.74, 6) is 0.857. The summed E-state index contributed by atoms with van der Waals surface area (Å²) in [4.78, 5) is 13.0. The first-order chi connectivity index (χ1) is 14.7. The molecule has 31 heavy (non-hydrogen) atoms. The highest BCUT2D eigenvalue weighted by atomic mass is 35.5. The van der Waals surface area contributed by atoms with Gasteiger partial charge in [-0.05, 0) is 68.5 Å². The van der Waals surface area contributed by atoms with Crippen LogP contribution < -0.4 is 10.1 Å². The third kappa shape index (κ3) is 5.59. The summed E-state index contributed by atoms with van der Waals surface area (Å²) in [6, 6.07) is 11.5. The van der Waals surface area contributed by atoms with Crippen LogP contribution in [0.4, 0.5) is 0 Å². The monoisotopic (exact) mass is 464 g/mol. The molecule has 1 atom stereocenters. The van der Waals surface area contributed by atoms with E-state index in [1.165, 1.54) is 22.5 Å². The molecule has 2 aromatic rings. The SMILES string of the molecule is CCOc1ccc([C@@H](C)NC(=O)c2cc(S(=O)(=O)N3CCC(C)CC3)ccc2Cl)cc1. The Morgan fingerprint density at radius 1 is 1.19 bits per heavy atom. The van der Waals surface area contributed by atoms with Gasteiger partial charge in [-0.1, -0.05) is 30.7 Å². The van der Waals surface area contributed by atoms with Gasteiger partial charge in [-0.2, -0.15) is 4.31 Å². The van der Waals surface area contributed by atoms with Crippen LogP contribution in [-0.4, -0.2) is 38.3 Å². The predicted octanol–water partition coefficient (Wildman–Crippen LogP) is 4.65. The summed E-state index contributed by atoms with van der Waals surface area (Å²) >= 11 is 6.25. The molecule has 1 amide bonds. The molecule has 1 heterocycles. The van der Waals surface area contributed by atoms with E-state index in [4.69, 9.17) is 16.3 Å². The van der Waals surface area contributed by atoms with E-state index in [1.54, 1.807) is 0 Å². The Kier molecular flexibility index (Phi) is 7.62. The van der Waals surface area contributed by atoms with Gasteiger partial charge in [0, 0.05) is 13.1 Å². The molecular weight excluding hydrogens is 436 g/mol. The lowest BCUT2D eigenvalue weighted by molar-refractivity contribution is 0.0940. The van der Waals surface area contributed by atoms with E-state index in [2.05, 4.69) is 12.2 Å². The van der Waals surface area contributed by atoms with Gasteiger partial charge in [-0.3, -0.25) is 4.79 Å². The molecule has 168 valence electrons. The Hall–Kier alpha value is -2.09. The zero-order chi connectivity index (χ0) is 22.6. The molecule has 0 unspecified atom stereocenters. The van der Waals surface area contributed by atoms with Crippen molar-refractivity contribution in [3.8, 4) is 5.75 Å². The van der Waals surface area contributed by atoms with Gasteiger partial charge in [-0.15, -0.1) is 0 Å². The highest BCUT2D eigenvalue weighted by Crippen LogP contribution is 2.27. The lowest BCUT2D eigenvalue weighted by Gasteiger charge is -2.29. The largest absolute Gasteiger partial charge is 0.494 e. The quantitative estimate of drug-likeness (QED) is 0.647. The van der Waals surface area contributed by atoms with E-state index in [0.717, 1.165) is 24.2 Å². The van der Waals surface area contributed by atoms with Crippen LogP contribution in [0.25, 0.3) is 0 Å². The van der Waals surface area contributed by atoms with Crippen molar-refractivity contribution in [3.05, 3.63) is 58.6 Å². The summed E-state index contributed by atoms with van der Waals surface area (Å²) in [7, 11) is -3.67. The number of rotatable bonds is 7. The summed E-state index contributed by atoms with van der Waals surface area (Å²) in [5, 5.41) is 3.11. The van der Waals surface area contributed by atoms with Gasteiger partial charge in [-0.25, -0.2) is 8.42 Å². The molecule has 1 aliphatic heterocycles. The number of halogens is 1. The molecule has 0 aromatic heterocycles. The van der Waals surface area contributed by atoms with E-state index in [9.17, 15) is 13.2 Å². The molecule has 0 saturated carbocycles. The molecule has 0 bridgehead atoms. The number of sulfonamides is 1. The minimum Gasteiger partial charge on any atom is -0.494 e. The van der Waals surface area contributed by atoms with Gasteiger partial charge in [0.2, 0.25) is 10.0 Å². The maximum Gasteiger partial charge on any atom is 0.253 e. The van der Waals surface area contributed by atoms with Crippen LogP contribution in [0.1, 0.15) is 55.6 Å². The number of amides is 1.